The summed E-state index contributed by atoms with van der Waals surface area (Å²) in [5, 5.41) is 16.5. The molecule has 2 N–H and O–H groups in total. The van der Waals surface area contributed by atoms with Crippen molar-refractivity contribution in [3.8, 4) is 22.9 Å². The number of halogens is 4. The van der Waals surface area contributed by atoms with Crippen molar-refractivity contribution < 1.29 is 18.6 Å². The third-order valence-electron chi connectivity index (χ3n) is 9.77. The van der Waals surface area contributed by atoms with Crippen molar-refractivity contribution in [1.29, 1.82) is 0 Å². The van der Waals surface area contributed by atoms with Crippen molar-refractivity contribution in [3.05, 3.63) is 52.3 Å². The fourth-order valence-corrected chi connectivity index (χ4v) is 8.47. The van der Waals surface area contributed by atoms with Gasteiger partial charge in [-0.1, -0.05) is 35.3 Å². The lowest BCUT2D eigenvalue weighted by Gasteiger charge is -2.34. The highest BCUT2D eigenvalue weighted by Crippen LogP contribution is 2.45. The second kappa shape index (κ2) is 10.3. The molecule has 0 aliphatic carbocycles. The van der Waals surface area contributed by atoms with Gasteiger partial charge in [-0.2, -0.15) is 9.97 Å². The lowest BCUT2D eigenvalue weighted by molar-refractivity contribution is 0.107. The number of phenols is 1. The first kappa shape index (κ1) is 27.6. The molecule has 0 saturated carbocycles. The topological polar surface area (TPSA) is 73.8 Å². The minimum absolute atomic E-state index is 0.0351. The Hall–Kier alpha value is -2.98. The SMILES string of the molecule is Oc1cc(-c2c(Cl)cc3c(N4CC5CCC(C4)N5)nc(OC[C@]45CCCN4C[C@@H](F)C5)nc3c2F)c2c(Cl)cccc2c1. The number of nitrogens with one attached hydrogen (secondary N) is 1. The van der Waals surface area contributed by atoms with E-state index in [1.54, 1.807) is 30.3 Å². The van der Waals surface area contributed by atoms with Gasteiger partial charge in [0.15, 0.2) is 5.82 Å². The monoisotopic (exact) mass is 625 g/mol. The number of alkyl halides is 1. The molecule has 7 nitrogen and oxygen atoms in total. The van der Waals surface area contributed by atoms with E-state index >= 15 is 4.39 Å². The van der Waals surface area contributed by atoms with E-state index < -0.39 is 17.5 Å². The highest BCUT2D eigenvalue weighted by Gasteiger charge is 2.49. The van der Waals surface area contributed by atoms with Crippen LogP contribution < -0.4 is 15.0 Å². The van der Waals surface area contributed by atoms with Crippen molar-refractivity contribution in [2.45, 2.75) is 55.9 Å². The summed E-state index contributed by atoms with van der Waals surface area (Å²) in [6, 6.07) is 10.8. The van der Waals surface area contributed by atoms with E-state index in [-0.39, 0.29) is 34.5 Å². The van der Waals surface area contributed by atoms with E-state index in [9.17, 15) is 9.50 Å². The Balaban J connectivity index is 1.28. The third-order valence-corrected chi connectivity index (χ3v) is 10.4. The number of rotatable bonds is 5. The number of fused-ring (bicyclic) bond motifs is 5. The molecule has 5 heterocycles. The molecule has 4 atom stereocenters. The average Bonchev–Trinajstić information content (AvgIpc) is 3.62. The Labute approximate surface area is 257 Å². The van der Waals surface area contributed by atoms with E-state index in [1.807, 2.05) is 0 Å². The molecule has 1 aromatic heterocycles. The van der Waals surface area contributed by atoms with Gasteiger partial charge in [-0.15, -0.1) is 0 Å². The number of piperazine rings is 1. The van der Waals surface area contributed by atoms with Crippen molar-refractivity contribution in [2.24, 2.45) is 0 Å². The number of hydrogen-bond donors (Lipinski definition) is 2. The summed E-state index contributed by atoms with van der Waals surface area (Å²) in [7, 11) is 0. The summed E-state index contributed by atoms with van der Waals surface area (Å²) in [6.07, 6.45) is 3.49. The smallest absolute Gasteiger partial charge is 0.319 e. The van der Waals surface area contributed by atoms with Crippen molar-refractivity contribution in [2.75, 3.05) is 37.7 Å². The number of aromatic nitrogens is 2. The third kappa shape index (κ3) is 4.58. The summed E-state index contributed by atoms with van der Waals surface area (Å²) < 4.78 is 37.6. The molecule has 4 fully saturated rings. The van der Waals surface area contributed by atoms with Crippen LogP contribution in [0.1, 0.15) is 32.1 Å². The standard InChI is InChI=1S/C32H31Cl2F2N5O2/c33-24-4-1-3-17-9-21(42)10-22(26(17)24)27-25(34)11-23-29(28(27)36)38-31(39-30(23)40-14-19-5-6-20(15-40)37-19)43-16-32-7-2-8-41(32)13-18(35)12-32/h1,3-4,9-11,18-20,37,42H,2,5-8,12-16H2/t18-,19?,20?,32+/m0/s1. The van der Waals surface area contributed by atoms with Crippen LogP contribution in [-0.4, -0.2) is 76.6 Å². The minimum Gasteiger partial charge on any atom is -0.508 e. The maximum absolute atomic E-state index is 16.9. The van der Waals surface area contributed by atoms with Gasteiger partial charge in [-0.25, -0.2) is 8.78 Å². The van der Waals surface area contributed by atoms with Crippen LogP contribution in [0.3, 0.4) is 0 Å². The van der Waals surface area contributed by atoms with Gasteiger partial charge in [0.1, 0.15) is 29.9 Å². The largest absolute Gasteiger partial charge is 0.508 e. The normalized spacial score (nSPS) is 27.0. The summed E-state index contributed by atoms with van der Waals surface area (Å²) in [5.74, 6) is -0.112. The molecular weight excluding hydrogens is 595 g/mol. The minimum atomic E-state index is -0.889. The van der Waals surface area contributed by atoms with E-state index in [0.717, 1.165) is 45.3 Å². The Morgan fingerprint density at radius 1 is 1.07 bits per heavy atom. The Bertz CT molecular complexity index is 1760. The first-order valence-electron chi connectivity index (χ1n) is 14.9. The second-order valence-corrected chi connectivity index (χ2v) is 13.3. The van der Waals surface area contributed by atoms with Gasteiger partial charge in [0.25, 0.3) is 0 Å². The zero-order chi connectivity index (χ0) is 29.5. The fraction of sp³-hybridized carbons (Fsp3) is 0.438. The quantitative estimate of drug-likeness (QED) is 0.262. The van der Waals surface area contributed by atoms with E-state index in [2.05, 4.69) is 20.1 Å². The molecule has 0 spiro atoms. The van der Waals surface area contributed by atoms with Crippen LogP contribution in [0.15, 0.2) is 36.4 Å². The Kier molecular flexibility index (Phi) is 6.60. The summed E-state index contributed by atoms with van der Waals surface area (Å²) >= 11 is 13.5. The molecular formula is C32H31Cl2F2N5O2. The molecule has 4 aliphatic rings. The number of nitrogens with zero attached hydrogens (tertiary/aromatic N) is 4. The number of ether oxygens (including phenoxy) is 1. The number of phenolic OH excluding ortho intramolecular Hbond substituents is 1. The Morgan fingerprint density at radius 3 is 2.70 bits per heavy atom. The van der Waals surface area contributed by atoms with Crippen LogP contribution in [0.25, 0.3) is 32.8 Å². The lowest BCUT2D eigenvalue weighted by atomic mass is 9.95. The van der Waals surface area contributed by atoms with E-state index in [1.165, 1.54) is 6.07 Å². The van der Waals surface area contributed by atoms with Gasteiger partial charge in [0, 0.05) is 59.5 Å². The second-order valence-electron chi connectivity index (χ2n) is 12.5. The predicted molar refractivity (Wildman–Crippen MR) is 165 cm³/mol. The number of benzene rings is 3. The molecule has 224 valence electrons. The molecule has 4 saturated heterocycles. The van der Waals surface area contributed by atoms with Crippen LogP contribution in [0.5, 0.6) is 11.8 Å². The highest BCUT2D eigenvalue weighted by atomic mass is 35.5. The zero-order valence-electron chi connectivity index (χ0n) is 23.4. The van der Waals surface area contributed by atoms with Gasteiger partial charge in [-0.3, -0.25) is 4.90 Å². The lowest BCUT2D eigenvalue weighted by Crippen LogP contribution is -2.51. The maximum Gasteiger partial charge on any atom is 0.319 e. The van der Waals surface area contributed by atoms with Crippen LogP contribution in [0.4, 0.5) is 14.6 Å². The molecule has 3 aromatic carbocycles. The molecule has 2 bridgehead atoms. The molecule has 0 radical (unpaired) electrons. The van der Waals surface area contributed by atoms with Crippen LogP contribution in [0.2, 0.25) is 10.0 Å². The molecule has 2 unspecified atom stereocenters. The molecule has 11 heteroatoms. The average molecular weight is 627 g/mol. The zero-order valence-corrected chi connectivity index (χ0v) is 24.9. The summed E-state index contributed by atoms with van der Waals surface area (Å²) in [5.41, 5.74) is 0.140. The molecule has 0 amide bonds. The van der Waals surface area contributed by atoms with Gasteiger partial charge in [-0.05, 0) is 67.4 Å². The number of aromatic hydroxyl groups is 1. The molecule has 4 aromatic rings. The van der Waals surface area contributed by atoms with Crippen LogP contribution >= 0.6 is 23.2 Å². The van der Waals surface area contributed by atoms with E-state index in [4.69, 9.17) is 32.9 Å². The van der Waals surface area contributed by atoms with Crippen molar-refractivity contribution in [1.82, 2.24) is 20.2 Å². The first-order chi connectivity index (χ1) is 20.8. The van der Waals surface area contributed by atoms with Crippen molar-refractivity contribution >= 4 is 50.7 Å². The summed E-state index contributed by atoms with van der Waals surface area (Å²) in [4.78, 5) is 13.8. The van der Waals surface area contributed by atoms with Crippen LogP contribution in [0, 0.1) is 5.82 Å². The predicted octanol–water partition coefficient (Wildman–Crippen LogP) is 6.50. The van der Waals surface area contributed by atoms with Gasteiger partial charge >= 0.3 is 6.01 Å². The van der Waals surface area contributed by atoms with Gasteiger partial charge in [0.05, 0.1) is 10.6 Å². The van der Waals surface area contributed by atoms with E-state index in [0.29, 0.717) is 57.6 Å². The first-order valence-corrected chi connectivity index (χ1v) is 15.7. The molecule has 43 heavy (non-hydrogen) atoms. The molecule has 4 aliphatic heterocycles. The van der Waals surface area contributed by atoms with Gasteiger partial charge < -0.3 is 20.1 Å². The van der Waals surface area contributed by atoms with Crippen molar-refractivity contribution in [3.63, 3.8) is 0 Å². The highest BCUT2D eigenvalue weighted by molar-refractivity contribution is 6.38. The Morgan fingerprint density at radius 2 is 1.88 bits per heavy atom. The summed E-state index contributed by atoms with van der Waals surface area (Å²) in [6.45, 7) is 2.93. The molecule has 8 rings (SSSR count). The number of anilines is 1. The number of hydrogen-bond acceptors (Lipinski definition) is 7. The fourth-order valence-electron chi connectivity index (χ4n) is 7.89. The maximum atomic E-state index is 16.9. The van der Waals surface area contributed by atoms with Crippen LogP contribution in [-0.2, 0) is 0 Å². The van der Waals surface area contributed by atoms with Gasteiger partial charge in [0.2, 0.25) is 0 Å².